The van der Waals surface area contributed by atoms with Crippen LogP contribution in [0.15, 0.2) is 24.3 Å². The molecule has 1 atom stereocenters. The zero-order chi connectivity index (χ0) is 35.4. The minimum atomic E-state index is -4.75. The lowest BCUT2D eigenvalue weighted by molar-refractivity contribution is -0.161. The molecule has 0 saturated heterocycles. The Morgan fingerprint density at radius 1 is 0.521 bits per heavy atom. The lowest BCUT2D eigenvalue weighted by atomic mass is 10.1. The highest BCUT2D eigenvalue weighted by Gasteiger charge is 2.22. The number of phosphoric ester groups is 1. The second-order valence-electron chi connectivity index (χ2n) is 13.2. The van der Waals surface area contributed by atoms with Crippen LogP contribution in [0.2, 0.25) is 0 Å². The molecule has 8 nitrogen and oxygen atoms in total. The molecule has 0 aromatic rings. The summed E-state index contributed by atoms with van der Waals surface area (Å²) in [5.41, 5.74) is 0. The molecule has 9 heteroatoms. The summed E-state index contributed by atoms with van der Waals surface area (Å²) in [4.78, 5) is 42.7. The summed E-state index contributed by atoms with van der Waals surface area (Å²) in [6, 6.07) is 0. The van der Waals surface area contributed by atoms with Crippen LogP contribution in [-0.2, 0) is 28.2 Å². The SMILES string of the molecule is CCCCCCCCC=CCCCCCCCC(=O)OC(COC(=O)CCCCCCC/C=C/CCCCCCCC)COP(=O)(O)O. The van der Waals surface area contributed by atoms with Gasteiger partial charge >= 0.3 is 19.8 Å². The molecule has 0 heterocycles. The summed E-state index contributed by atoms with van der Waals surface area (Å²) in [5, 5.41) is 0. The van der Waals surface area contributed by atoms with E-state index < -0.39 is 32.5 Å². The zero-order valence-electron chi connectivity index (χ0n) is 30.9. The smallest absolute Gasteiger partial charge is 0.462 e. The van der Waals surface area contributed by atoms with E-state index in [9.17, 15) is 14.2 Å². The van der Waals surface area contributed by atoms with Crippen LogP contribution in [0.3, 0.4) is 0 Å². The summed E-state index contributed by atoms with van der Waals surface area (Å²) in [5.74, 6) is -0.901. The number of hydrogen-bond acceptors (Lipinski definition) is 6. The highest BCUT2D eigenvalue weighted by atomic mass is 31.2. The first-order valence-electron chi connectivity index (χ1n) is 19.6. The molecule has 2 N–H and O–H groups in total. The van der Waals surface area contributed by atoms with Gasteiger partial charge in [-0.25, -0.2) is 4.57 Å². The third-order valence-electron chi connectivity index (χ3n) is 8.44. The second kappa shape index (κ2) is 35.4. The van der Waals surface area contributed by atoms with Gasteiger partial charge in [-0.05, 0) is 64.2 Å². The van der Waals surface area contributed by atoms with Gasteiger partial charge in [0.1, 0.15) is 6.61 Å². The Bertz CT molecular complexity index is 838. The number of phosphoric acid groups is 1. The van der Waals surface area contributed by atoms with E-state index in [1.807, 2.05) is 0 Å². The number of esters is 2. The van der Waals surface area contributed by atoms with Crippen LogP contribution < -0.4 is 0 Å². The van der Waals surface area contributed by atoms with Crippen LogP contribution in [0, 0.1) is 0 Å². The molecular formula is C39H73O8P. The number of carbonyl (C=O) groups excluding carboxylic acids is 2. The van der Waals surface area contributed by atoms with Crippen LogP contribution in [0.5, 0.6) is 0 Å². The average molecular weight is 701 g/mol. The fraction of sp³-hybridized carbons (Fsp3) is 0.846. The van der Waals surface area contributed by atoms with Crippen molar-refractivity contribution in [3.63, 3.8) is 0 Å². The Balaban J connectivity index is 3.97. The van der Waals surface area contributed by atoms with Gasteiger partial charge in [0.25, 0.3) is 0 Å². The number of unbranched alkanes of at least 4 members (excludes halogenated alkanes) is 22. The van der Waals surface area contributed by atoms with E-state index in [-0.39, 0.29) is 19.4 Å². The van der Waals surface area contributed by atoms with Gasteiger partial charge in [0.05, 0.1) is 6.61 Å². The molecule has 0 spiro atoms. The minimum Gasteiger partial charge on any atom is -0.462 e. The van der Waals surface area contributed by atoms with Crippen molar-refractivity contribution in [2.24, 2.45) is 0 Å². The molecule has 0 saturated carbocycles. The van der Waals surface area contributed by atoms with E-state index in [1.165, 1.54) is 89.9 Å². The number of ether oxygens (including phenoxy) is 2. The number of allylic oxidation sites excluding steroid dienone is 4. The summed E-state index contributed by atoms with van der Waals surface area (Å²) >= 11 is 0. The van der Waals surface area contributed by atoms with Gasteiger partial charge in [0, 0.05) is 12.8 Å². The summed E-state index contributed by atoms with van der Waals surface area (Å²) < 4.78 is 26.3. The molecule has 0 aromatic carbocycles. The highest BCUT2D eigenvalue weighted by molar-refractivity contribution is 7.46. The normalized spacial score (nSPS) is 12.7. The molecule has 0 amide bonds. The van der Waals surface area contributed by atoms with E-state index in [2.05, 4.69) is 42.7 Å². The molecule has 48 heavy (non-hydrogen) atoms. The lowest BCUT2D eigenvalue weighted by Gasteiger charge is -2.18. The molecule has 1 unspecified atom stereocenters. The largest absolute Gasteiger partial charge is 0.469 e. The van der Waals surface area contributed by atoms with Crippen molar-refractivity contribution in [1.29, 1.82) is 0 Å². The van der Waals surface area contributed by atoms with E-state index in [1.54, 1.807) is 0 Å². The maximum Gasteiger partial charge on any atom is 0.469 e. The molecule has 282 valence electrons. The van der Waals surface area contributed by atoms with Crippen LogP contribution in [0.1, 0.15) is 194 Å². The molecule has 0 fully saturated rings. The standard InChI is InChI=1S/C39H73O8P/c1-3-5-7-9-11-13-15-17-19-21-23-25-27-29-31-33-38(40)45-35-37(36-46-48(42,43)44)47-39(41)34-32-30-28-26-24-22-20-18-16-14-12-10-8-6-4-2/h17-20,37H,3-16,21-36H2,1-2H3,(H2,42,43,44)/b19-17+,20-18?. The van der Waals surface area contributed by atoms with Gasteiger partial charge in [0.2, 0.25) is 0 Å². The summed E-state index contributed by atoms with van der Waals surface area (Å²) in [6.07, 6.45) is 38.9. The molecule has 0 bridgehead atoms. The van der Waals surface area contributed by atoms with Gasteiger partial charge in [-0.3, -0.25) is 14.1 Å². The highest BCUT2D eigenvalue weighted by Crippen LogP contribution is 2.36. The van der Waals surface area contributed by atoms with Gasteiger partial charge < -0.3 is 19.3 Å². The Morgan fingerprint density at radius 3 is 1.27 bits per heavy atom. The van der Waals surface area contributed by atoms with E-state index in [4.69, 9.17) is 19.3 Å². The zero-order valence-corrected chi connectivity index (χ0v) is 31.8. The molecule has 0 rings (SSSR count). The van der Waals surface area contributed by atoms with Crippen LogP contribution in [-0.4, -0.2) is 41.0 Å². The van der Waals surface area contributed by atoms with Crippen molar-refractivity contribution < 1.29 is 37.9 Å². The monoisotopic (exact) mass is 701 g/mol. The lowest BCUT2D eigenvalue weighted by Crippen LogP contribution is -2.29. The Morgan fingerprint density at radius 2 is 0.875 bits per heavy atom. The topological polar surface area (TPSA) is 119 Å². The van der Waals surface area contributed by atoms with Crippen LogP contribution >= 0.6 is 7.82 Å². The minimum absolute atomic E-state index is 0.202. The van der Waals surface area contributed by atoms with Gasteiger partial charge in [-0.1, -0.05) is 141 Å². The molecule has 0 radical (unpaired) electrons. The first-order valence-corrected chi connectivity index (χ1v) is 21.2. The van der Waals surface area contributed by atoms with Gasteiger partial charge in [-0.2, -0.15) is 0 Å². The fourth-order valence-corrected chi connectivity index (χ4v) is 5.84. The first-order chi connectivity index (χ1) is 23.3. The number of rotatable bonds is 36. The van der Waals surface area contributed by atoms with Crippen molar-refractivity contribution in [2.45, 2.75) is 200 Å². The van der Waals surface area contributed by atoms with E-state index in [0.717, 1.165) is 64.2 Å². The van der Waals surface area contributed by atoms with Crippen molar-refractivity contribution >= 4 is 19.8 Å². The predicted octanol–water partition coefficient (Wildman–Crippen LogP) is 11.6. The van der Waals surface area contributed by atoms with Gasteiger partial charge in [0.15, 0.2) is 6.10 Å². The quantitative estimate of drug-likeness (QED) is 0.0287. The van der Waals surface area contributed by atoms with Crippen LogP contribution in [0.25, 0.3) is 0 Å². The molecule has 0 aliphatic heterocycles. The molecular weight excluding hydrogens is 627 g/mol. The van der Waals surface area contributed by atoms with Crippen molar-refractivity contribution in [3.8, 4) is 0 Å². The Labute approximate surface area is 294 Å². The second-order valence-corrected chi connectivity index (χ2v) is 14.5. The van der Waals surface area contributed by atoms with Crippen LogP contribution in [0.4, 0.5) is 0 Å². The maximum atomic E-state index is 12.4. The Hall–Kier alpha value is -1.47. The van der Waals surface area contributed by atoms with Crippen molar-refractivity contribution in [2.75, 3.05) is 13.2 Å². The third kappa shape index (κ3) is 37.4. The average Bonchev–Trinajstić information content (AvgIpc) is 3.05. The summed E-state index contributed by atoms with van der Waals surface area (Å²) in [7, 11) is -4.75. The maximum absolute atomic E-state index is 12.4. The third-order valence-corrected chi connectivity index (χ3v) is 8.93. The Kier molecular flexibility index (Phi) is 34.3. The fourth-order valence-electron chi connectivity index (χ4n) is 5.48. The number of carbonyl (C=O) groups is 2. The van der Waals surface area contributed by atoms with Crippen molar-refractivity contribution in [1.82, 2.24) is 0 Å². The predicted molar refractivity (Wildman–Crippen MR) is 198 cm³/mol. The first kappa shape index (κ1) is 46.5. The molecule has 0 aliphatic carbocycles. The molecule has 0 aromatic heterocycles. The van der Waals surface area contributed by atoms with E-state index >= 15 is 0 Å². The van der Waals surface area contributed by atoms with E-state index in [0.29, 0.717) is 12.8 Å². The van der Waals surface area contributed by atoms with Crippen molar-refractivity contribution in [3.05, 3.63) is 24.3 Å². The van der Waals surface area contributed by atoms with Gasteiger partial charge in [-0.15, -0.1) is 0 Å². The molecule has 0 aliphatic rings. The number of hydrogen-bond donors (Lipinski definition) is 2. The summed E-state index contributed by atoms with van der Waals surface area (Å²) in [6.45, 7) is 3.66.